The Bertz CT molecular complexity index is 939. The first-order valence-corrected chi connectivity index (χ1v) is 7.38. The molecule has 0 atom stereocenters. The number of aromatic nitrogens is 2. The largest absolute Gasteiger partial charge is 0.490 e. The Labute approximate surface area is 152 Å². The number of aliphatic carboxylic acids is 1. The van der Waals surface area contributed by atoms with Crippen molar-refractivity contribution in [2.45, 2.75) is 18.9 Å². The van der Waals surface area contributed by atoms with Crippen LogP contribution in [0, 0.1) is 0 Å². The fourth-order valence-electron chi connectivity index (χ4n) is 2.07. The second-order valence-corrected chi connectivity index (χ2v) is 5.21. The van der Waals surface area contributed by atoms with Crippen molar-refractivity contribution in [2.24, 2.45) is 0 Å². The maximum Gasteiger partial charge on any atom is 0.490 e. The first kappa shape index (κ1) is 21.0. The van der Waals surface area contributed by atoms with Crippen LogP contribution in [0.25, 0.3) is 10.9 Å². The molecule has 2 aromatic heterocycles. The highest BCUT2D eigenvalue weighted by Gasteiger charge is 2.38. The Kier molecular flexibility index (Phi) is 6.11. The highest BCUT2D eigenvalue weighted by Crippen LogP contribution is 2.35. The molecule has 0 aliphatic heterocycles. The zero-order valence-corrected chi connectivity index (χ0v) is 13.7. The number of nitrogens with zero attached hydrogens (tertiary/aromatic N) is 2. The molecule has 2 heterocycles. The van der Waals surface area contributed by atoms with Crippen LogP contribution in [0.4, 0.5) is 32.0 Å². The van der Waals surface area contributed by atoms with Gasteiger partial charge in [-0.05, 0) is 12.1 Å². The summed E-state index contributed by atoms with van der Waals surface area (Å²) >= 11 is 0. The van der Waals surface area contributed by atoms with Crippen LogP contribution in [0.2, 0.25) is 0 Å². The minimum Gasteiger partial charge on any atom is -0.475 e. The van der Waals surface area contributed by atoms with Gasteiger partial charge in [0.1, 0.15) is 12.0 Å². The molecular weight excluding hydrogens is 396 g/mol. The molecule has 0 radical (unpaired) electrons. The fourth-order valence-corrected chi connectivity index (χ4v) is 2.07. The summed E-state index contributed by atoms with van der Waals surface area (Å²) in [5.41, 5.74) is 0.404. The van der Waals surface area contributed by atoms with E-state index in [1.165, 1.54) is 18.5 Å². The molecule has 0 saturated carbocycles. The number of alkyl halides is 6. The number of halogens is 6. The average molecular weight is 407 g/mol. The Hall–Kier alpha value is -3.31. The number of carboxylic acids is 1. The number of benzene rings is 1. The van der Waals surface area contributed by atoms with Crippen LogP contribution in [0.1, 0.15) is 11.3 Å². The van der Waals surface area contributed by atoms with Crippen molar-refractivity contribution in [3.8, 4) is 0 Å². The van der Waals surface area contributed by atoms with Crippen LogP contribution in [0.5, 0.6) is 0 Å². The van der Waals surface area contributed by atoms with E-state index in [0.717, 1.165) is 6.07 Å². The molecule has 0 aliphatic carbocycles. The molecule has 0 bridgehead atoms. The van der Waals surface area contributed by atoms with Crippen LogP contribution >= 0.6 is 0 Å². The molecule has 0 saturated heterocycles. The van der Waals surface area contributed by atoms with E-state index >= 15 is 0 Å². The van der Waals surface area contributed by atoms with Gasteiger partial charge in [0.2, 0.25) is 0 Å². The number of fused-ring (bicyclic) bond motifs is 1. The minimum absolute atomic E-state index is 0.0739. The van der Waals surface area contributed by atoms with Gasteiger partial charge in [-0.2, -0.15) is 26.3 Å². The van der Waals surface area contributed by atoms with Crippen LogP contribution in [-0.2, 0) is 17.5 Å². The third kappa shape index (κ3) is 5.34. The fraction of sp³-hybridized carbons (Fsp3) is 0.188. The van der Waals surface area contributed by atoms with Crippen molar-refractivity contribution in [1.82, 2.24) is 10.1 Å². The molecule has 150 valence electrons. The van der Waals surface area contributed by atoms with Gasteiger partial charge in [-0.3, -0.25) is 4.98 Å². The molecule has 28 heavy (non-hydrogen) atoms. The summed E-state index contributed by atoms with van der Waals surface area (Å²) in [4.78, 5) is 12.8. The first-order chi connectivity index (χ1) is 13.0. The maximum atomic E-state index is 13.0. The number of carbonyl (C=O) groups is 1. The molecule has 0 unspecified atom stereocenters. The van der Waals surface area contributed by atoms with Crippen LogP contribution in [0.15, 0.2) is 47.3 Å². The van der Waals surface area contributed by atoms with E-state index in [-0.39, 0.29) is 5.52 Å². The lowest BCUT2D eigenvalue weighted by atomic mass is 10.1. The van der Waals surface area contributed by atoms with E-state index in [4.69, 9.17) is 14.4 Å². The number of hydrogen-bond donors (Lipinski definition) is 2. The maximum absolute atomic E-state index is 13.0. The molecule has 12 heteroatoms. The third-order valence-electron chi connectivity index (χ3n) is 3.27. The van der Waals surface area contributed by atoms with Gasteiger partial charge in [0.05, 0.1) is 17.6 Å². The van der Waals surface area contributed by atoms with Gasteiger partial charge >= 0.3 is 18.3 Å². The van der Waals surface area contributed by atoms with Crippen molar-refractivity contribution in [3.05, 3.63) is 54.0 Å². The number of carboxylic acid groups (broad SMARTS) is 1. The van der Waals surface area contributed by atoms with Gasteiger partial charge in [0, 0.05) is 23.3 Å². The summed E-state index contributed by atoms with van der Waals surface area (Å²) in [7, 11) is 0. The lowest BCUT2D eigenvalue weighted by molar-refractivity contribution is -0.192. The minimum atomic E-state index is -5.08. The summed E-state index contributed by atoms with van der Waals surface area (Å²) in [6.45, 7) is 0.353. The molecule has 2 N–H and O–H groups in total. The lowest BCUT2D eigenvalue weighted by Crippen LogP contribution is -2.21. The van der Waals surface area contributed by atoms with Crippen molar-refractivity contribution < 1.29 is 40.8 Å². The zero-order chi connectivity index (χ0) is 20.9. The molecule has 1 aromatic carbocycles. The van der Waals surface area contributed by atoms with Crippen molar-refractivity contribution >= 4 is 22.6 Å². The summed E-state index contributed by atoms with van der Waals surface area (Å²) in [6, 6.07) is 7.30. The van der Waals surface area contributed by atoms with Gasteiger partial charge in [-0.1, -0.05) is 17.3 Å². The van der Waals surface area contributed by atoms with Gasteiger partial charge in [-0.25, -0.2) is 4.79 Å². The number of pyridine rings is 1. The Morgan fingerprint density at radius 2 is 1.79 bits per heavy atom. The number of anilines is 1. The molecule has 3 aromatic rings. The topological polar surface area (TPSA) is 88.3 Å². The summed E-state index contributed by atoms with van der Waals surface area (Å²) in [5.74, 6) is -2.76. The third-order valence-corrected chi connectivity index (χ3v) is 3.27. The van der Waals surface area contributed by atoms with Crippen molar-refractivity contribution in [2.75, 3.05) is 5.32 Å². The van der Waals surface area contributed by atoms with E-state index in [2.05, 4.69) is 15.5 Å². The smallest absolute Gasteiger partial charge is 0.475 e. The normalized spacial score (nSPS) is 11.6. The average Bonchev–Trinajstić information content (AvgIpc) is 3.11. The Morgan fingerprint density at radius 3 is 2.32 bits per heavy atom. The Balaban J connectivity index is 0.000000345. The highest BCUT2D eigenvalue weighted by molar-refractivity contribution is 5.93. The number of para-hydroxylation sites is 1. The van der Waals surface area contributed by atoms with Crippen LogP contribution in [-0.4, -0.2) is 27.4 Å². The highest BCUT2D eigenvalue weighted by atomic mass is 19.4. The van der Waals surface area contributed by atoms with Gasteiger partial charge in [-0.15, -0.1) is 0 Å². The monoisotopic (exact) mass is 407 g/mol. The SMILES string of the molecule is FC(F)(F)c1cccc2c(NCc3ccon3)ccnc12.O=C(O)C(F)(F)F. The molecular formula is C16H11F6N3O3. The van der Waals surface area contributed by atoms with Gasteiger partial charge < -0.3 is 14.9 Å². The zero-order valence-electron chi connectivity index (χ0n) is 13.7. The molecule has 0 spiro atoms. The number of rotatable bonds is 3. The van der Waals surface area contributed by atoms with Gasteiger partial charge in [0.25, 0.3) is 0 Å². The van der Waals surface area contributed by atoms with Crippen LogP contribution in [0.3, 0.4) is 0 Å². The number of hydrogen-bond acceptors (Lipinski definition) is 5. The quantitative estimate of drug-likeness (QED) is 0.623. The molecule has 3 rings (SSSR count). The lowest BCUT2D eigenvalue weighted by Gasteiger charge is -2.12. The standard InChI is InChI=1S/C14H10F3N3O.C2HF3O2/c15-14(16,17)11-3-1-2-10-12(4-6-18-13(10)11)19-8-9-5-7-21-20-9;3-2(4,5)1(6)7/h1-7H,8H2,(H,18,19);(H,6,7). The molecule has 0 amide bonds. The number of nitrogens with one attached hydrogen (secondary N) is 1. The summed E-state index contributed by atoms with van der Waals surface area (Å²) in [5, 5.41) is 14.3. The Morgan fingerprint density at radius 1 is 1.11 bits per heavy atom. The van der Waals surface area contributed by atoms with E-state index in [1.54, 1.807) is 18.2 Å². The van der Waals surface area contributed by atoms with E-state index < -0.39 is 23.9 Å². The summed E-state index contributed by atoms with van der Waals surface area (Å²) < 4.78 is 75.4. The van der Waals surface area contributed by atoms with E-state index in [9.17, 15) is 26.3 Å². The summed E-state index contributed by atoms with van der Waals surface area (Å²) in [6.07, 6.45) is -6.73. The van der Waals surface area contributed by atoms with Gasteiger partial charge in [0.15, 0.2) is 0 Å². The predicted octanol–water partition coefficient (Wildman–Crippen LogP) is 4.49. The second-order valence-electron chi connectivity index (χ2n) is 5.21. The van der Waals surface area contributed by atoms with Crippen molar-refractivity contribution in [1.29, 1.82) is 0 Å². The van der Waals surface area contributed by atoms with E-state index in [1.807, 2.05) is 0 Å². The predicted molar refractivity (Wildman–Crippen MR) is 84.3 cm³/mol. The first-order valence-electron chi connectivity index (χ1n) is 7.38. The van der Waals surface area contributed by atoms with Crippen molar-refractivity contribution in [3.63, 3.8) is 0 Å². The second kappa shape index (κ2) is 8.15. The molecule has 0 aliphatic rings. The van der Waals surface area contributed by atoms with Crippen LogP contribution < -0.4 is 5.32 Å². The molecule has 6 nitrogen and oxygen atoms in total. The van der Waals surface area contributed by atoms with E-state index in [0.29, 0.717) is 23.3 Å². The molecule has 0 fully saturated rings.